The predicted molar refractivity (Wildman–Crippen MR) is 91.7 cm³/mol. The molecular weight excluding hydrogens is 320 g/mol. The Morgan fingerprint density at radius 2 is 1.84 bits per heavy atom. The minimum absolute atomic E-state index is 0.316. The van der Waals surface area contributed by atoms with Gasteiger partial charge >= 0.3 is 12.0 Å². The maximum Gasteiger partial charge on any atom is 0.324 e. The highest BCUT2D eigenvalue weighted by Gasteiger charge is 2.41. The Balaban J connectivity index is 1.65. The van der Waals surface area contributed by atoms with Crippen molar-refractivity contribution in [2.45, 2.75) is 38.5 Å². The molecule has 1 saturated heterocycles. The lowest BCUT2D eigenvalue weighted by molar-refractivity contribution is -0.162. The normalized spacial score (nSPS) is 19.4. The maximum atomic E-state index is 12.8. The topological polar surface area (TPSA) is 75.7 Å². The van der Waals surface area contributed by atoms with Gasteiger partial charge in [0.2, 0.25) is 0 Å². The molecule has 2 fully saturated rings. The number of benzene rings is 1. The van der Waals surface area contributed by atoms with Crippen LogP contribution < -0.4 is 5.32 Å². The van der Waals surface area contributed by atoms with Crippen molar-refractivity contribution in [2.24, 2.45) is 5.41 Å². The van der Waals surface area contributed by atoms with Gasteiger partial charge in [0.1, 0.15) is 0 Å². The Morgan fingerprint density at radius 3 is 2.48 bits per heavy atom. The number of nitrogens with zero attached hydrogens (tertiary/aromatic N) is 1. The van der Waals surface area contributed by atoms with Gasteiger partial charge < -0.3 is 10.1 Å². The number of esters is 1. The predicted octanol–water partition coefficient (Wildman–Crippen LogP) is 2.27. The van der Waals surface area contributed by atoms with E-state index < -0.39 is 17.4 Å². The van der Waals surface area contributed by atoms with Crippen LogP contribution in [0.1, 0.15) is 37.7 Å². The third-order valence-corrected chi connectivity index (χ3v) is 5.11. The van der Waals surface area contributed by atoms with Crippen LogP contribution in [-0.2, 0) is 20.7 Å². The molecule has 3 rings (SSSR count). The van der Waals surface area contributed by atoms with E-state index in [1.54, 1.807) is 0 Å². The van der Waals surface area contributed by atoms with E-state index in [0.717, 1.165) is 42.6 Å². The molecular formula is C19H24N2O4. The molecule has 3 amide bonds. The Kier molecular flexibility index (Phi) is 5.36. The zero-order valence-electron chi connectivity index (χ0n) is 14.3. The number of hydrogen-bond acceptors (Lipinski definition) is 4. The van der Waals surface area contributed by atoms with Crippen LogP contribution in [0.4, 0.5) is 4.79 Å². The number of rotatable bonds is 5. The molecule has 0 atom stereocenters. The molecule has 1 aromatic carbocycles. The van der Waals surface area contributed by atoms with Gasteiger partial charge in [0.15, 0.2) is 6.61 Å². The number of hydrogen-bond donors (Lipinski definition) is 1. The van der Waals surface area contributed by atoms with E-state index in [0.29, 0.717) is 19.5 Å². The quantitative estimate of drug-likeness (QED) is 0.832. The van der Waals surface area contributed by atoms with E-state index >= 15 is 0 Å². The van der Waals surface area contributed by atoms with Crippen molar-refractivity contribution in [1.82, 2.24) is 10.2 Å². The molecule has 1 aromatic rings. The van der Waals surface area contributed by atoms with Gasteiger partial charge in [-0.2, -0.15) is 0 Å². The number of urea groups is 1. The van der Waals surface area contributed by atoms with Crippen molar-refractivity contribution in [3.05, 3.63) is 35.9 Å². The van der Waals surface area contributed by atoms with Crippen LogP contribution in [0.15, 0.2) is 30.3 Å². The fourth-order valence-electron chi connectivity index (χ4n) is 3.74. The van der Waals surface area contributed by atoms with Crippen LogP contribution in [0, 0.1) is 5.41 Å². The van der Waals surface area contributed by atoms with Crippen LogP contribution in [-0.4, -0.2) is 42.5 Å². The van der Waals surface area contributed by atoms with Crippen molar-refractivity contribution in [2.75, 3.05) is 19.7 Å². The van der Waals surface area contributed by atoms with Gasteiger partial charge in [0.05, 0.1) is 5.41 Å². The number of amides is 3. The van der Waals surface area contributed by atoms with Crippen molar-refractivity contribution in [3.8, 4) is 0 Å². The number of carbonyl (C=O) groups excluding carboxylic acids is 3. The highest BCUT2D eigenvalue weighted by atomic mass is 16.5. The van der Waals surface area contributed by atoms with E-state index in [1.807, 2.05) is 30.3 Å². The van der Waals surface area contributed by atoms with Gasteiger partial charge in [0, 0.05) is 13.1 Å². The molecule has 1 saturated carbocycles. The molecule has 1 N–H and O–H groups in total. The standard InChI is InChI=1S/C19H24N2O4/c22-16(21-12-11-20-18(21)24)14-25-17(23)19(9-5-2-6-10-19)13-15-7-3-1-4-8-15/h1,3-4,7-8H,2,5-6,9-14H2,(H,20,24). The Bertz CT molecular complexity index is 638. The average molecular weight is 344 g/mol. The molecule has 1 aliphatic heterocycles. The summed E-state index contributed by atoms with van der Waals surface area (Å²) in [4.78, 5) is 37.5. The minimum atomic E-state index is -0.562. The fourth-order valence-corrected chi connectivity index (χ4v) is 3.74. The smallest absolute Gasteiger partial charge is 0.324 e. The molecule has 6 nitrogen and oxygen atoms in total. The molecule has 0 spiro atoms. The van der Waals surface area contributed by atoms with E-state index in [-0.39, 0.29) is 12.6 Å². The van der Waals surface area contributed by atoms with Crippen LogP contribution in [0.2, 0.25) is 0 Å². The van der Waals surface area contributed by atoms with Crippen LogP contribution in [0.5, 0.6) is 0 Å². The van der Waals surface area contributed by atoms with Crippen LogP contribution >= 0.6 is 0 Å². The second kappa shape index (κ2) is 7.68. The molecule has 1 aliphatic carbocycles. The summed E-state index contributed by atoms with van der Waals surface area (Å²) in [5.41, 5.74) is 0.541. The first-order valence-corrected chi connectivity index (χ1v) is 8.90. The Hall–Kier alpha value is -2.37. The van der Waals surface area contributed by atoms with E-state index in [4.69, 9.17) is 4.74 Å². The number of ether oxygens (including phenoxy) is 1. The third kappa shape index (κ3) is 4.00. The molecule has 2 aliphatic rings. The summed E-state index contributed by atoms with van der Waals surface area (Å²) < 4.78 is 5.37. The van der Waals surface area contributed by atoms with Gasteiger partial charge in [-0.1, -0.05) is 49.6 Å². The molecule has 0 bridgehead atoms. The first kappa shape index (κ1) is 17.5. The van der Waals surface area contributed by atoms with E-state index in [1.165, 1.54) is 0 Å². The average Bonchev–Trinajstić information content (AvgIpc) is 3.07. The molecule has 0 radical (unpaired) electrons. The first-order valence-electron chi connectivity index (χ1n) is 8.90. The highest BCUT2D eigenvalue weighted by Crippen LogP contribution is 2.40. The van der Waals surface area contributed by atoms with Gasteiger partial charge in [-0.25, -0.2) is 4.79 Å². The number of carbonyl (C=O) groups is 3. The van der Waals surface area contributed by atoms with Crippen molar-refractivity contribution < 1.29 is 19.1 Å². The summed E-state index contributed by atoms with van der Waals surface area (Å²) in [7, 11) is 0. The summed E-state index contributed by atoms with van der Waals surface area (Å²) in [6.45, 7) is 0.392. The van der Waals surface area contributed by atoms with Crippen molar-refractivity contribution in [1.29, 1.82) is 0 Å². The monoisotopic (exact) mass is 344 g/mol. The summed E-state index contributed by atoms with van der Waals surface area (Å²) in [6, 6.07) is 9.50. The zero-order valence-corrected chi connectivity index (χ0v) is 14.3. The fraction of sp³-hybridized carbons (Fsp3) is 0.526. The van der Waals surface area contributed by atoms with Crippen LogP contribution in [0.3, 0.4) is 0 Å². The van der Waals surface area contributed by atoms with E-state index in [2.05, 4.69) is 5.32 Å². The van der Waals surface area contributed by atoms with Crippen molar-refractivity contribution in [3.63, 3.8) is 0 Å². The minimum Gasteiger partial charge on any atom is -0.455 e. The van der Waals surface area contributed by atoms with Gasteiger partial charge in [0.25, 0.3) is 5.91 Å². The first-order chi connectivity index (χ1) is 12.1. The number of nitrogens with one attached hydrogen (secondary N) is 1. The lowest BCUT2D eigenvalue weighted by Crippen LogP contribution is -2.41. The molecule has 6 heteroatoms. The largest absolute Gasteiger partial charge is 0.455 e. The molecule has 25 heavy (non-hydrogen) atoms. The van der Waals surface area contributed by atoms with Gasteiger partial charge in [-0.15, -0.1) is 0 Å². The molecule has 1 heterocycles. The summed E-state index contributed by atoms with van der Waals surface area (Å²) >= 11 is 0. The summed E-state index contributed by atoms with van der Waals surface area (Å²) in [6.07, 6.45) is 5.29. The SMILES string of the molecule is O=C(COC(=O)C1(Cc2ccccc2)CCCCC1)N1CCNC1=O. The highest BCUT2D eigenvalue weighted by molar-refractivity contribution is 5.97. The van der Waals surface area contributed by atoms with Gasteiger partial charge in [-0.05, 0) is 24.8 Å². The second-order valence-electron chi connectivity index (χ2n) is 6.86. The summed E-state index contributed by atoms with van der Waals surface area (Å²) in [5.74, 6) is -0.780. The summed E-state index contributed by atoms with van der Waals surface area (Å²) in [5, 5.41) is 2.57. The zero-order chi connectivity index (χ0) is 17.7. The maximum absolute atomic E-state index is 12.8. The molecule has 0 unspecified atom stereocenters. The Labute approximate surface area is 147 Å². The lowest BCUT2D eigenvalue weighted by Gasteiger charge is -2.35. The molecule has 0 aromatic heterocycles. The Morgan fingerprint density at radius 1 is 1.12 bits per heavy atom. The third-order valence-electron chi connectivity index (χ3n) is 5.11. The van der Waals surface area contributed by atoms with Gasteiger partial charge in [-0.3, -0.25) is 14.5 Å². The number of imide groups is 1. The van der Waals surface area contributed by atoms with Crippen LogP contribution in [0.25, 0.3) is 0 Å². The van der Waals surface area contributed by atoms with E-state index in [9.17, 15) is 14.4 Å². The second-order valence-corrected chi connectivity index (χ2v) is 6.86. The lowest BCUT2D eigenvalue weighted by atomic mass is 9.70. The van der Waals surface area contributed by atoms with Crippen molar-refractivity contribution >= 4 is 17.9 Å². The molecule has 134 valence electrons.